The van der Waals surface area contributed by atoms with Crippen LogP contribution in [0.15, 0.2) is 254 Å². The van der Waals surface area contributed by atoms with Crippen molar-refractivity contribution in [3.05, 3.63) is 321 Å². The van der Waals surface area contributed by atoms with Gasteiger partial charge in [-0.15, -0.1) is 0 Å². The van der Waals surface area contributed by atoms with Crippen molar-refractivity contribution in [2.24, 2.45) is 0 Å². The summed E-state index contributed by atoms with van der Waals surface area (Å²) in [4.78, 5) is 55.3. The van der Waals surface area contributed by atoms with Crippen LogP contribution in [0.5, 0.6) is 0 Å². The van der Waals surface area contributed by atoms with Crippen molar-refractivity contribution in [3.63, 3.8) is 0 Å². The number of nitrogens with zero attached hydrogens (tertiary/aromatic N) is 10. The molecule has 12 heterocycles. The fraction of sp³-hybridized carbons (Fsp3) is 0.0986. The Kier molecular flexibility index (Phi) is 23.3. The van der Waals surface area contributed by atoms with Gasteiger partial charge in [0.25, 0.3) is 10.0 Å². The molecule has 12 aromatic heterocycles. The predicted octanol–water partition coefficient (Wildman–Crippen LogP) is 14.1. The first-order valence-electron chi connectivity index (χ1n) is 29.3. The number of aromatic amines is 2. The van der Waals surface area contributed by atoms with E-state index < -0.39 is 21.1 Å². The number of fused-ring (bicyclic) bond motifs is 3. The first kappa shape index (κ1) is 66.7. The number of carbonyl (C=O) groups excluding carboxylic acids is 1. The van der Waals surface area contributed by atoms with Crippen molar-refractivity contribution < 1.29 is 22.0 Å². The zero-order valence-electron chi connectivity index (χ0n) is 50.2. The molecule has 0 saturated heterocycles. The second kappa shape index (κ2) is 32.9. The highest BCUT2D eigenvalue weighted by atomic mass is 35.5. The molecule has 1 atom stereocenters. The van der Waals surface area contributed by atoms with E-state index in [1.54, 1.807) is 122 Å². The second-order valence-corrected chi connectivity index (χ2v) is 25.0. The van der Waals surface area contributed by atoms with E-state index in [9.17, 15) is 22.0 Å². The number of hydrogen-bond acceptors (Lipinski definition) is 15. The highest BCUT2D eigenvalue weighted by Gasteiger charge is 2.22. The van der Waals surface area contributed by atoms with E-state index in [0.717, 1.165) is 110 Å². The molecule has 0 aliphatic rings. The van der Waals surface area contributed by atoms with Gasteiger partial charge in [-0.1, -0.05) is 89.4 Å². The third kappa shape index (κ3) is 18.1. The molecule has 14 aromatic rings. The molecule has 0 aliphatic heterocycles. The highest BCUT2D eigenvalue weighted by molar-refractivity contribution is 7.90. The van der Waals surface area contributed by atoms with Crippen LogP contribution in [0.4, 0.5) is 5.82 Å². The van der Waals surface area contributed by atoms with Crippen molar-refractivity contribution >= 4 is 101 Å². The van der Waals surface area contributed by atoms with E-state index in [-0.39, 0.29) is 4.90 Å². The summed E-state index contributed by atoms with van der Waals surface area (Å²) in [7, 11) is -3.73. The van der Waals surface area contributed by atoms with Gasteiger partial charge >= 0.3 is 0 Å². The van der Waals surface area contributed by atoms with E-state index in [1.165, 1.54) is 38.6 Å². The molecule has 18 nitrogen and oxygen atoms in total. The summed E-state index contributed by atoms with van der Waals surface area (Å²) in [5.74, 6) is 0.449. The van der Waals surface area contributed by atoms with E-state index in [1.807, 2.05) is 73.6 Å². The fourth-order valence-corrected chi connectivity index (χ4v) is 12.1. The Hall–Kier alpha value is -10.2. The molecule has 1 unspecified atom stereocenters. The van der Waals surface area contributed by atoms with Gasteiger partial charge in [-0.05, 0) is 178 Å². The maximum absolute atomic E-state index is 13.1. The Morgan fingerprint density at radius 1 is 0.479 bits per heavy atom. The monoisotopic (exact) mass is 1340 g/mol. The standard InChI is InChI=1S/2C20H17ClN4.C19H16N4O2S.C6H4ClNO.C6H6O2S/c2*21-19-7-9-22-12-15(19)4-6-17-5-3-14(11-24-17)10-16-13-25-20-18(16)2-1-8-23-20;20-18-9-8-14(12-22-18)11-15-13-23(19-17(15)7-4-10-21-19)26(24,25)16-5-2-1-3-6-16;7-6-3-8-2-1-5(6)4-9;7-9(8)6-4-2-1-3-5-6/h2*1-3,5,7-9,11-13H,4,6,10H2,(H,23,25);1-10,12-13H,11H2,(H2,20,22);1-4H;1-5H,(H,7,8)/p-1. The first-order chi connectivity index (χ1) is 45.8. The Morgan fingerprint density at radius 3 is 1.44 bits per heavy atom. The van der Waals surface area contributed by atoms with Crippen molar-refractivity contribution in [3.8, 4) is 0 Å². The zero-order chi connectivity index (χ0) is 65.7. The molecule has 2 aromatic carbocycles. The Labute approximate surface area is 559 Å². The maximum atomic E-state index is 13.1. The summed E-state index contributed by atoms with van der Waals surface area (Å²) in [5, 5.41) is 5.05. The van der Waals surface area contributed by atoms with Gasteiger partial charge in [0.15, 0.2) is 11.9 Å². The first-order valence-corrected chi connectivity index (χ1v) is 33.0. The lowest BCUT2D eigenvalue weighted by molar-refractivity contribution is 0.112. The number of halogens is 3. The lowest BCUT2D eigenvalue weighted by Gasteiger charge is -2.06. The molecule has 0 saturated carbocycles. The number of rotatable bonds is 16. The molecule has 0 fully saturated rings. The quantitative estimate of drug-likeness (QED) is 0.0599. The lowest BCUT2D eigenvalue weighted by Crippen LogP contribution is -2.12. The van der Waals surface area contributed by atoms with E-state index in [4.69, 9.17) is 40.5 Å². The van der Waals surface area contributed by atoms with Crippen LogP contribution in [0.1, 0.15) is 66.3 Å². The highest BCUT2D eigenvalue weighted by Crippen LogP contribution is 2.28. The minimum atomic E-state index is -3.73. The number of nitrogens with two attached hydrogens (primary N) is 1. The molecule has 0 amide bonds. The Bertz CT molecular complexity index is 4750. The number of pyridine rings is 9. The lowest BCUT2D eigenvalue weighted by atomic mass is 10.1. The van der Waals surface area contributed by atoms with Crippen molar-refractivity contribution in [1.29, 1.82) is 0 Å². The normalized spacial score (nSPS) is 11.2. The third-order valence-electron chi connectivity index (χ3n) is 14.6. The van der Waals surface area contributed by atoms with Crippen LogP contribution in [-0.4, -0.2) is 82.3 Å². The average Bonchev–Trinajstić information content (AvgIpc) is 1.61. The largest absolute Gasteiger partial charge is 0.768 e. The summed E-state index contributed by atoms with van der Waals surface area (Å²) in [6.45, 7) is 0. The van der Waals surface area contributed by atoms with Gasteiger partial charge < -0.3 is 20.3 Å². The predicted molar refractivity (Wildman–Crippen MR) is 368 cm³/mol. The number of aryl methyl sites for hydroxylation is 4. The minimum absolute atomic E-state index is 0.225. The van der Waals surface area contributed by atoms with Crippen molar-refractivity contribution in [1.82, 2.24) is 58.8 Å². The Morgan fingerprint density at radius 2 is 0.968 bits per heavy atom. The number of benzene rings is 2. The molecule has 472 valence electrons. The number of H-pyrrole nitrogens is 2. The van der Waals surface area contributed by atoms with Crippen LogP contribution in [-0.2, 0) is 66.0 Å². The number of nitrogens with one attached hydrogen (secondary N) is 2. The number of aldehydes is 1. The number of hydrogen-bond donors (Lipinski definition) is 3. The number of carbonyl (C=O) groups is 1. The summed E-state index contributed by atoms with van der Waals surface area (Å²) in [6.07, 6.45) is 32.8. The van der Waals surface area contributed by atoms with Crippen molar-refractivity contribution in [2.45, 2.75) is 54.7 Å². The topological polar surface area (TPSA) is 270 Å². The number of nitrogen functional groups attached to an aromatic ring is 1. The van der Waals surface area contributed by atoms with E-state index in [0.29, 0.717) is 39.7 Å². The van der Waals surface area contributed by atoms with Crippen LogP contribution < -0.4 is 5.73 Å². The van der Waals surface area contributed by atoms with E-state index >= 15 is 0 Å². The summed E-state index contributed by atoms with van der Waals surface area (Å²) >= 11 is 15.8. The molecule has 0 aliphatic carbocycles. The van der Waals surface area contributed by atoms with Crippen LogP contribution in [0.25, 0.3) is 33.1 Å². The van der Waals surface area contributed by atoms with Crippen molar-refractivity contribution in [2.75, 3.05) is 5.73 Å². The van der Waals surface area contributed by atoms with Crippen LogP contribution in [0.2, 0.25) is 15.1 Å². The maximum Gasteiger partial charge on any atom is 0.269 e. The number of aromatic nitrogens is 12. The fourth-order valence-electron chi connectivity index (χ4n) is 9.79. The van der Waals surface area contributed by atoms with Gasteiger partial charge in [0.1, 0.15) is 17.1 Å². The molecular weight excluding hydrogens is 1290 g/mol. The summed E-state index contributed by atoms with van der Waals surface area (Å²) < 4.78 is 47.8. The SMILES string of the molecule is Clc1ccncc1CCc1ccc(Cc2c[nH]c3ncccc23)cn1.Clc1ccncc1CCc1ccc(Cc2c[nH]c3ncccc23)cn1.Nc1ccc(Cc2cn(S(=O)(=O)c3ccccc3)c3ncccc23)cn1.O=Cc1ccncc1Cl.O=S([O-])c1ccccc1. The van der Waals surface area contributed by atoms with Gasteiger partial charge in [-0.3, -0.25) is 33.9 Å². The molecule has 94 heavy (non-hydrogen) atoms. The van der Waals surface area contributed by atoms with Crippen LogP contribution in [0, 0.1) is 0 Å². The minimum Gasteiger partial charge on any atom is -0.768 e. The second-order valence-electron chi connectivity index (χ2n) is 21.0. The summed E-state index contributed by atoms with van der Waals surface area (Å²) in [6, 6.07) is 45.6. The molecular formula is C71H59Cl3N13O5S2-. The molecule has 0 bridgehead atoms. The van der Waals surface area contributed by atoms with E-state index in [2.05, 4.69) is 91.2 Å². The molecule has 4 N–H and O–H groups in total. The summed E-state index contributed by atoms with van der Waals surface area (Å²) in [5.41, 5.74) is 19.3. The molecule has 23 heteroatoms. The van der Waals surface area contributed by atoms with Crippen LogP contribution in [0.3, 0.4) is 0 Å². The zero-order valence-corrected chi connectivity index (χ0v) is 54.1. The van der Waals surface area contributed by atoms with Gasteiger partial charge in [0.2, 0.25) is 0 Å². The molecule has 0 spiro atoms. The molecule has 14 rings (SSSR count). The van der Waals surface area contributed by atoms with Crippen LogP contribution >= 0.6 is 34.8 Å². The molecule has 0 radical (unpaired) electrons. The van der Waals surface area contributed by atoms with Gasteiger partial charge in [0, 0.05) is 160 Å². The smallest absolute Gasteiger partial charge is 0.269 e. The van der Waals surface area contributed by atoms with Gasteiger partial charge in [0.05, 0.1) is 9.92 Å². The van der Waals surface area contributed by atoms with Gasteiger partial charge in [-0.2, -0.15) is 0 Å². The Balaban J connectivity index is 0.000000136. The van der Waals surface area contributed by atoms with Gasteiger partial charge in [-0.25, -0.2) is 32.3 Å². The third-order valence-corrected chi connectivity index (χ3v) is 18.0. The number of anilines is 1. The average molecular weight is 1340 g/mol.